The molecule has 0 aliphatic rings. The van der Waals surface area contributed by atoms with Crippen LogP contribution < -0.4 is 0 Å². The molecule has 0 heterocycles. The average Bonchev–Trinajstić information content (AvgIpc) is 2.46. The molecule has 2 nitrogen and oxygen atoms in total. The van der Waals surface area contributed by atoms with Gasteiger partial charge in [0.05, 0.1) is 6.61 Å². The second kappa shape index (κ2) is 6.91. The van der Waals surface area contributed by atoms with E-state index in [-0.39, 0.29) is 6.61 Å². The van der Waals surface area contributed by atoms with Gasteiger partial charge in [-0.15, -0.1) is 0 Å². The molecule has 4 heteroatoms. The summed E-state index contributed by atoms with van der Waals surface area (Å²) in [5.74, 6) is 0. The third-order valence-corrected chi connectivity index (χ3v) is 4.85. The summed E-state index contributed by atoms with van der Waals surface area (Å²) >= 11 is 5.97. The van der Waals surface area contributed by atoms with Gasteiger partial charge in [0.25, 0.3) is 6.72 Å². The Bertz CT molecular complexity index is 495. The van der Waals surface area contributed by atoms with Crippen molar-refractivity contribution in [1.29, 1.82) is 0 Å². The monoisotopic (exact) mass is 294 g/mol. The molecule has 0 aliphatic carbocycles. The highest BCUT2D eigenvalue weighted by molar-refractivity contribution is 7.85. The summed E-state index contributed by atoms with van der Waals surface area (Å²) in [6.45, 7) is -2.76. The van der Waals surface area contributed by atoms with Crippen molar-refractivity contribution in [3.05, 3.63) is 71.8 Å². The molecule has 0 aliphatic heterocycles. The Morgan fingerprint density at radius 3 is 2.00 bits per heavy atom. The van der Waals surface area contributed by atoms with E-state index in [1.807, 2.05) is 60.7 Å². The lowest BCUT2D eigenvalue weighted by Crippen LogP contribution is -1.95. The van der Waals surface area contributed by atoms with Crippen molar-refractivity contribution in [2.75, 3.05) is 6.16 Å². The molecule has 0 amide bonds. The lowest BCUT2D eigenvalue weighted by atomic mass is 10.2. The van der Waals surface area contributed by atoms with Gasteiger partial charge in [-0.25, -0.2) is 0 Å². The Labute approximate surface area is 118 Å². The van der Waals surface area contributed by atoms with E-state index in [1.165, 1.54) is 0 Å². The first kappa shape index (κ1) is 14.3. The summed E-state index contributed by atoms with van der Waals surface area (Å²) < 4.78 is 17.5. The van der Waals surface area contributed by atoms with Crippen LogP contribution in [0.25, 0.3) is 0 Å². The Hall–Kier alpha value is -1.08. The molecule has 2 aromatic rings. The summed E-state index contributed by atoms with van der Waals surface area (Å²) in [6, 6.07) is 19.5. The Kier molecular flexibility index (Phi) is 5.21. The van der Waals surface area contributed by atoms with E-state index in [0.29, 0.717) is 12.6 Å². The molecule has 0 spiro atoms. The van der Waals surface area contributed by atoms with Gasteiger partial charge in [0.2, 0.25) is 0 Å². The lowest BCUT2D eigenvalue weighted by molar-refractivity contribution is 0.313. The standard InChI is InChI=1S/C15H16ClO2P/c16-19(17,12-11-14-7-3-1-4-8-14)18-13-15-9-5-2-6-10-15/h1-10H,11-13H2/t19-/m0/s1. The van der Waals surface area contributed by atoms with Gasteiger partial charge in [0.15, 0.2) is 0 Å². The molecule has 1 atom stereocenters. The second-order valence-electron chi connectivity index (χ2n) is 4.31. The molecule has 0 unspecified atom stereocenters. The van der Waals surface area contributed by atoms with Gasteiger partial charge in [-0.05, 0) is 28.8 Å². The zero-order valence-electron chi connectivity index (χ0n) is 10.5. The number of benzene rings is 2. The van der Waals surface area contributed by atoms with Crippen LogP contribution >= 0.6 is 18.0 Å². The summed E-state index contributed by atoms with van der Waals surface area (Å²) in [6.07, 6.45) is 1.02. The van der Waals surface area contributed by atoms with E-state index >= 15 is 0 Å². The van der Waals surface area contributed by atoms with E-state index in [0.717, 1.165) is 11.1 Å². The van der Waals surface area contributed by atoms with Crippen LogP contribution in [0.2, 0.25) is 0 Å². The smallest absolute Gasteiger partial charge is 0.290 e. The van der Waals surface area contributed by atoms with Gasteiger partial charge >= 0.3 is 0 Å². The van der Waals surface area contributed by atoms with Crippen LogP contribution in [0.3, 0.4) is 0 Å². The highest BCUT2D eigenvalue weighted by atomic mass is 35.7. The zero-order valence-corrected chi connectivity index (χ0v) is 12.2. The van der Waals surface area contributed by atoms with Gasteiger partial charge in [0, 0.05) is 6.16 Å². The largest absolute Gasteiger partial charge is 0.313 e. The molecule has 0 radical (unpaired) electrons. The van der Waals surface area contributed by atoms with Crippen molar-refractivity contribution >= 4 is 18.0 Å². The SMILES string of the molecule is O=[P@@](Cl)(CCc1ccccc1)OCc1ccccc1. The van der Waals surface area contributed by atoms with Crippen LogP contribution in [-0.4, -0.2) is 6.16 Å². The molecule has 0 aromatic heterocycles. The number of hydrogen-bond donors (Lipinski definition) is 0. The predicted octanol–water partition coefficient (Wildman–Crippen LogP) is 4.88. The molecular formula is C15H16ClO2P. The molecular weight excluding hydrogens is 279 g/mol. The van der Waals surface area contributed by atoms with Crippen LogP contribution in [0.5, 0.6) is 0 Å². The van der Waals surface area contributed by atoms with Crippen molar-refractivity contribution in [3.8, 4) is 0 Å². The molecule has 2 aromatic carbocycles. The average molecular weight is 295 g/mol. The quantitative estimate of drug-likeness (QED) is 0.710. The molecule has 2 rings (SSSR count). The summed E-state index contributed by atoms with van der Waals surface area (Å²) in [5, 5.41) is 0. The highest BCUT2D eigenvalue weighted by Crippen LogP contribution is 2.53. The van der Waals surface area contributed by atoms with Crippen molar-refractivity contribution < 1.29 is 9.09 Å². The fraction of sp³-hybridized carbons (Fsp3) is 0.200. The first-order chi connectivity index (χ1) is 9.16. The minimum Gasteiger partial charge on any atom is -0.313 e. The molecule has 100 valence electrons. The number of aryl methyl sites for hydroxylation is 1. The summed E-state index contributed by atoms with van der Waals surface area (Å²) in [5.41, 5.74) is 2.09. The summed E-state index contributed by atoms with van der Waals surface area (Å²) in [4.78, 5) is 0. The highest BCUT2D eigenvalue weighted by Gasteiger charge is 2.19. The second-order valence-corrected chi connectivity index (χ2v) is 7.74. The fourth-order valence-electron chi connectivity index (χ4n) is 1.72. The lowest BCUT2D eigenvalue weighted by Gasteiger charge is -2.11. The number of rotatable bonds is 6. The predicted molar refractivity (Wildman–Crippen MR) is 79.7 cm³/mol. The first-order valence-electron chi connectivity index (χ1n) is 6.17. The normalized spacial score (nSPS) is 13.9. The van der Waals surface area contributed by atoms with Crippen LogP contribution in [0.15, 0.2) is 60.7 Å². The van der Waals surface area contributed by atoms with E-state index in [9.17, 15) is 4.57 Å². The van der Waals surface area contributed by atoms with Gasteiger partial charge in [-0.1, -0.05) is 60.7 Å². The van der Waals surface area contributed by atoms with Crippen molar-refractivity contribution in [2.24, 2.45) is 0 Å². The van der Waals surface area contributed by atoms with E-state index in [1.54, 1.807) is 0 Å². The van der Waals surface area contributed by atoms with Crippen molar-refractivity contribution in [3.63, 3.8) is 0 Å². The molecule has 0 fully saturated rings. The van der Waals surface area contributed by atoms with Crippen LogP contribution in [0.1, 0.15) is 11.1 Å². The van der Waals surface area contributed by atoms with Gasteiger partial charge in [0.1, 0.15) is 0 Å². The Morgan fingerprint density at radius 1 is 0.895 bits per heavy atom. The van der Waals surface area contributed by atoms with Gasteiger partial charge in [-0.2, -0.15) is 0 Å². The molecule has 0 saturated carbocycles. The molecule has 0 N–H and O–H groups in total. The molecule has 0 bridgehead atoms. The van der Waals surface area contributed by atoms with Crippen molar-refractivity contribution in [1.82, 2.24) is 0 Å². The topological polar surface area (TPSA) is 26.3 Å². The van der Waals surface area contributed by atoms with Crippen LogP contribution in [0.4, 0.5) is 0 Å². The van der Waals surface area contributed by atoms with Gasteiger partial charge in [-0.3, -0.25) is 4.57 Å². The third-order valence-electron chi connectivity index (χ3n) is 2.78. The minimum absolute atomic E-state index is 0.288. The zero-order chi connectivity index (χ0) is 13.6. The Balaban J connectivity index is 1.84. The molecule has 0 saturated heterocycles. The summed E-state index contributed by atoms with van der Waals surface area (Å²) in [7, 11) is 0. The maximum atomic E-state index is 12.1. The Morgan fingerprint density at radius 2 is 1.42 bits per heavy atom. The fourth-order valence-corrected chi connectivity index (χ4v) is 3.11. The number of hydrogen-bond acceptors (Lipinski definition) is 2. The third kappa shape index (κ3) is 5.20. The van der Waals surface area contributed by atoms with Crippen molar-refractivity contribution in [2.45, 2.75) is 13.0 Å². The van der Waals surface area contributed by atoms with Crippen LogP contribution in [0, 0.1) is 0 Å². The minimum atomic E-state index is -3.05. The van der Waals surface area contributed by atoms with E-state index < -0.39 is 6.72 Å². The molecule has 19 heavy (non-hydrogen) atoms. The maximum Gasteiger partial charge on any atom is 0.290 e. The maximum absolute atomic E-state index is 12.1. The number of halogens is 1. The van der Waals surface area contributed by atoms with Gasteiger partial charge < -0.3 is 4.52 Å². The van der Waals surface area contributed by atoms with E-state index in [4.69, 9.17) is 15.8 Å². The van der Waals surface area contributed by atoms with E-state index in [2.05, 4.69) is 0 Å². The first-order valence-corrected chi connectivity index (χ1v) is 8.88. The van der Waals surface area contributed by atoms with Crippen LogP contribution in [-0.2, 0) is 22.1 Å².